The molecular weight excluding hydrogens is 414 g/mol. The number of fused-ring (bicyclic) bond motifs is 1. The zero-order chi connectivity index (χ0) is 20.6. The molecule has 8 nitrogen and oxygen atoms in total. The number of carbonyl (C=O) groups is 1. The first-order valence-corrected chi connectivity index (χ1v) is 11.9. The molecule has 1 saturated heterocycles. The topological polar surface area (TPSA) is 102 Å². The molecule has 1 amide bonds. The van der Waals surface area contributed by atoms with Crippen molar-refractivity contribution < 1.29 is 22.4 Å². The molecule has 0 bridgehead atoms. The first kappa shape index (κ1) is 19.9. The summed E-state index contributed by atoms with van der Waals surface area (Å²) in [5.41, 5.74) is 1.35. The van der Waals surface area contributed by atoms with Crippen LogP contribution in [-0.2, 0) is 14.8 Å². The average molecular weight is 436 g/mol. The van der Waals surface area contributed by atoms with E-state index in [1.54, 1.807) is 7.11 Å². The monoisotopic (exact) mass is 435 g/mol. The van der Waals surface area contributed by atoms with E-state index in [9.17, 15) is 13.2 Å². The fraction of sp³-hybridized carbons (Fsp3) is 0.368. The Morgan fingerprint density at radius 2 is 2.07 bits per heavy atom. The number of rotatable bonds is 5. The van der Waals surface area contributed by atoms with Crippen molar-refractivity contribution in [2.24, 2.45) is 5.92 Å². The number of hydrogen-bond donors (Lipinski definition) is 1. The molecule has 4 rings (SSSR count). The van der Waals surface area contributed by atoms with Crippen LogP contribution in [0.4, 0.5) is 5.13 Å². The van der Waals surface area contributed by atoms with Crippen molar-refractivity contribution >= 4 is 43.4 Å². The van der Waals surface area contributed by atoms with Gasteiger partial charge in [-0.05, 0) is 31.0 Å². The van der Waals surface area contributed by atoms with Gasteiger partial charge in [-0.15, -0.1) is 11.3 Å². The van der Waals surface area contributed by atoms with Gasteiger partial charge in [-0.2, -0.15) is 0 Å². The van der Waals surface area contributed by atoms with Crippen LogP contribution in [0.1, 0.15) is 12.8 Å². The van der Waals surface area contributed by atoms with Gasteiger partial charge >= 0.3 is 0 Å². The number of anilines is 1. The molecule has 3 heterocycles. The van der Waals surface area contributed by atoms with E-state index in [0.717, 1.165) is 5.39 Å². The molecular formula is C19H21N3O5S2. The highest BCUT2D eigenvalue weighted by atomic mass is 32.2. The van der Waals surface area contributed by atoms with Crippen molar-refractivity contribution in [2.45, 2.75) is 12.8 Å². The molecule has 0 atom stereocenters. The number of nitrogens with one attached hydrogen (secondary N) is 1. The van der Waals surface area contributed by atoms with Crippen LogP contribution in [0.15, 0.2) is 34.1 Å². The minimum absolute atomic E-state index is 0.131. The third kappa shape index (κ3) is 4.29. The predicted molar refractivity (Wildman–Crippen MR) is 112 cm³/mol. The van der Waals surface area contributed by atoms with Crippen molar-refractivity contribution in [1.82, 2.24) is 9.29 Å². The van der Waals surface area contributed by atoms with Crippen molar-refractivity contribution in [1.29, 1.82) is 0 Å². The molecule has 1 N–H and O–H groups in total. The summed E-state index contributed by atoms with van der Waals surface area (Å²) in [6.07, 6.45) is 2.20. The summed E-state index contributed by atoms with van der Waals surface area (Å²) < 4.78 is 35.7. The van der Waals surface area contributed by atoms with Gasteiger partial charge in [0, 0.05) is 35.8 Å². The van der Waals surface area contributed by atoms with Crippen LogP contribution < -0.4 is 10.1 Å². The number of benzene rings is 1. The highest BCUT2D eigenvalue weighted by Crippen LogP contribution is 2.32. The van der Waals surface area contributed by atoms with E-state index in [0.29, 0.717) is 53.8 Å². The van der Waals surface area contributed by atoms with Gasteiger partial charge in [-0.1, -0.05) is 0 Å². The summed E-state index contributed by atoms with van der Waals surface area (Å²) in [5, 5.41) is 6.11. The maximum absolute atomic E-state index is 12.5. The van der Waals surface area contributed by atoms with Crippen LogP contribution in [0.25, 0.3) is 22.4 Å². The lowest BCUT2D eigenvalue weighted by atomic mass is 9.97. The predicted octanol–water partition coefficient (Wildman–Crippen LogP) is 3.18. The zero-order valence-corrected chi connectivity index (χ0v) is 17.7. The molecule has 1 fully saturated rings. The minimum Gasteiger partial charge on any atom is -0.497 e. The smallest absolute Gasteiger partial charge is 0.229 e. The Bertz CT molecular complexity index is 1140. The Labute approximate surface area is 172 Å². The molecule has 29 heavy (non-hydrogen) atoms. The summed E-state index contributed by atoms with van der Waals surface area (Å²) in [6.45, 7) is 0.727. The number of sulfonamides is 1. The maximum Gasteiger partial charge on any atom is 0.229 e. The molecule has 0 spiro atoms. The number of ether oxygens (including phenoxy) is 1. The second-order valence-corrected chi connectivity index (χ2v) is 9.82. The SMILES string of the molecule is COc1ccc2cc(-c3csc(NC(=O)C4CCN(S(C)(=O)=O)CC4)n3)oc2c1. The molecule has 2 aromatic heterocycles. The molecule has 0 radical (unpaired) electrons. The lowest BCUT2D eigenvalue weighted by Crippen LogP contribution is -2.40. The Hall–Kier alpha value is -2.43. The van der Waals surface area contributed by atoms with Gasteiger partial charge in [-0.25, -0.2) is 17.7 Å². The fourth-order valence-corrected chi connectivity index (χ4v) is 4.94. The second kappa shape index (κ2) is 7.77. The summed E-state index contributed by atoms with van der Waals surface area (Å²) in [5.74, 6) is 0.977. The van der Waals surface area contributed by atoms with E-state index in [2.05, 4.69) is 10.3 Å². The summed E-state index contributed by atoms with van der Waals surface area (Å²) in [6, 6.07) is 7.50. The van der Waals surface area contributed by atoms with Crippen LogP contribution in [0.3, 0.4) is 0 Å². The van der Waals surface area contributed by atoms with Gasteiger partial charge in [0.25, 0.3) is 0 Å². The molecule has 154 valence electrons. The lowest BCUT2D eigenvalue weighted by molar-refractivity contribution is -0.120. The van der Waals surface area contributed by atoms with Crippen LogP contribution in [-0.4, -0.2) is 50.1 Å². The summed E-state index contributed by atoms with van der Waals surface area (Å²) >= 11 is 1.33. The number of piperidine rings is 1. The van der Waals surface area contributed by atoms with E-state index in [-0.39, 0.29) is 11.8 Å². The Morgan fingerprint density at radius 3 is 2.76 bits per heavy atom. The van der Waals surface area contributed by atoms with Gasteiger partial charge in [0.15, 0.2) is 10.9 Å². The molecule has 0 aliphatic carbocycles. The maximum atomic E-state index is 12.5. The number of furan rings is 1. The molecule has 1 aliphatic rings. The first-order chi connectivity index (χ1) is 13.8. The Balaban J connectivity index is 1.42. The first-order valence-electron chi connectivity index (χ1n) is 9.13. The number of hydrogen-bond acceptors (Lipinski definition) is 7. The summed E-state index contributed by atoms with van der Waals surface area (Å²) in [4.78, 5) is 17.0. The Kier molecular flexibility index (Phi) is 5.32. The molecule has 1 aromatic carbocycles. The fourth-order valence-electron chi connectivity index (χ4n) is 3.37. The van der Waals surface area contributed by atoms with E-state index < -0.39 is 10.0 Å². The number of methoxy groups -OCH3 is 1. The number of nitrogens with zero attached hydrogens (tertiary/aromatic N) is 2. The van der Waals surface area contributed by atoms with E-state index in [1.165, 1.54) is 21.9 Å². The molecule has 1 aliphatic heterocycles. The third-order valence-corrected chi connectivity index (χ3v) is 7.07. The molecule has 10 heteroatoms. The van der Waals surface area contributed by atoms with E-state index in [4.69, 9.17) is 9.15 Å². The lowest BCUT2D eigenvalue weighted by Gasteiger charge is -2.29. The average Bonchev–Trinajstić information content (AvgIpc) is 3.33. The van der Waals surface area contributed by atoms with E-state index >= 15 is 0 Å². The van der Waals surface area contributed by atoms with Crippen molar-refractivity contribution in [3.63, 3.8) is 0 Å². The third-order valence-electron chi connectivity index (χ3n) is 5.01. The quantitative estimate of drug-likeness (QED) is 0.660. The number of carbonyl (C=O) groups excluding carboxylic acids is 1. The van der Waals surface area contributed by atoms with Gasteiger partial charge < -0.3 is 14.5 Å². The van der Waals surface area contributed by atoms with Crippen LogP contribution in [0.2, 0.25) is 0 Å². The second-order valence-electron chi connectivity index (χ2n) is 6.98. The van der Waals surface area contributed by atoms with Crippen LogP contribution >= 0.6 is 11.3 Å². The number of thiazole rings is 1. The Morgan fingerprint density at radius 1 is 1.31 bits per heavy atom. The van der Waals surface area contributed by atoms with Gasteiger partial charge in [0.2, 0.25) is 15.9 Å². The van der Waals surface area contributed by atoms with Crippen molar-refractivity contribution in [3.05, 3.63) is 29.6 Å². The molecule has 0 saturated carbocycles. The molecule has 0 unspecified atom stereocenters. The van der Waals surface area contributed by atoms with Crippen LogP contribution in [0, 0.1) is 5.92 Å². The van der Waals surface area contributed by atoms with Crippen molar-refractivity contribution in [2.75, 3.05) is 31.8 Å². The van der Waals surface area contributed by atoms with Crippen LogP contribution in [0.5, 0.6) is 5.75 Å². The highest BCUT2D eigenvalue weighted by molar-refractivity contribution is 7.88. The van der Waals surface area contributed by atoms with E-state index in [1.807, 2.05) is 29.6 Å². The standard InChI is InChI=1S/C19H21N3O5S2/c1-26-14-4-3-13-9-17(27-16(13)10-14)15-11-28-19(20-15)21-18(23)12-5-7-22(8-6-12)29(2,24)25/h3-4,9-12H,5-8H2,1-2H3,(H,20,21,23). The van der Waals surface area contributed by atoms with Gasteiger partial charge in [0.05, 0.1) is 13.4 Å². The normalized spacial score (nSPS) is 16.2. The number of aromatic nitrogens is 1. The molecule has 3 aromatic rings. The largest absolute Gasteiger partial charge is 0.497 e. The van der Waals surface area contributed by atoms with Gasteiger partial charge in [-0.3, -0.25) is 4.79 Å². The number of amides is 1. The highest BCUT2D eigenvalue weighted by Gasteiger charge is 2.29. The van der Waals surface area contributed by atoms with Crippen molar-refractivity contribution in [3.8, 4) is 17.2 Å². The zero-order valence-electron chi connectivity index (χ0n) is 16.0. The summed E-state index contributed by atoms with van der Waals surface area (Å²) in [7, 11) is -1.60. The van der Waals surface area contributed by atoms with Gasteiger partial charge in [0.1, 0.15) is 17.0 Å². The minimum atomic E-state index is -3.20.